The molecule has 0 saturated carbocycles. The summed E-state index contributed by atoms with van der Waals surface area (Å²) in [6.07, 6.45) is 0. The highest BCUT2D eigenvalue weighted by atomic mass is 35.5. The Kier molecular flexibility index (Phi) is 4.92. The summed E-state index contributed by atoms with van der Waals surface area (Å²) in [6.45, 7) is 7.14. The van der Waals surface area contributed by atoms with Gasteiger partial charge in [0.1, 0.15) is 17.3 Å². The number of halogens is 2. The molecule has 2 aromatic rings. The molecular weight excluding hydrogens is 331 g/mol. The summed E-state index contributed by atoms with van der Waals surface area (Å²) in [7, 11) is 0. The third-order valence-electron chi connectivity index (χ3n) is 4.34. The van der Waals surface area contributed by atoms with Crippen LogP contribution in [0.25, 0.3) is 0 Å². The summed E-state index contributed by atoms with van der Waals surface area (Å²) in [4.78, 5) is 16.6. The summed E-state index contributed by atoms with van der Waals surface area (Å²) in [5.74, 6) is 1.10. The molecule has 0 bridgehead atoms. The average Bonchev–Trinajstić information content (AvgIpc) is 2.88. The molecule has 6 heteroatoms. The quantitative estimate of drug-likeness (QED) is 0.848. The van der Waals surface area contributed by atoms with Crippen molar-refractivity contribution in [2.45, 2.75) is 20.4 Å². The van der Waals surface area contributed by atoms with Crippen molar-refractivity contribution >= 4 is 17.5 Å². The van der Waals surface area contributed by atoms with Crippen molar-refractivity contribution in [1.29, 1.82) is 0 Å². The molecule has 4 nitrogen and oxygen atoms in total. The summed E-state index contributed by atoms with van der Waals surface area (Å²) < 4.78 is 18.6. The largest absolute Gasteiger partial charge is 0.466 e. The number of amides is 1. The predicted octanol–water partition coefficient (Wildman–Crippen LogP) is 3.65. The van der Waals surface area contributed by atoms with Gasteiger partial charge in [0.15, 0.2) is 0 Å². The molecule has 0 spiro atoms. The number of benzene rings is 1. The van der Waals surface area contributed by atoms with E-state index in [4.69, 9.17) is 16.0 Å². The molecular formula is C18H20ClFN2O2. The van der Waals surface area contributed by atoms with Crippen LogP contribution < -0.4 is 0 Å². The fourth-order valence-corrected chi connectivity index (χ4v) is 3.24. The van der Waals surface area contributed by atoms with E-state index < -0.39 is 0 Å². The molecule has 1 fully saturated rings. The van der Waals surface area contributed by atoms with Crippen LogP contribution >= 0.6 is 11.6 Å². The summed E-state index contributed by atoms with van der Waals surface area (Å²) in [5, 5.41) is 0.443. The first-order chi connectivity index (χ1) is 11.4. The number of carbonyl (C=O) groups excluding carboxylic acids is 1. The molecule has 3 rings (SSSR count). The molecule has 1 aliphatic heterocycles. The van der Waals surface area contributed by atoms with Gasteiger partial charge in [0, 0.05) is 37.7 Å². The number of hydrogen-bond donors (Lipinski definition) is 0. The lowest BCUT2D eigenvalue weighted by Crippen LogP contribution is -2.48. The molecule has 1 aliphatic rings. The fourth-order valence-electron chi connectivity index (χ4n) is 3.01. The number of furan rings is 1. The predicted molar refractivity (Wildman–Crippen MR) is 90.8 cm³/mol. The number of carbonyl (C=O) groups is 1. The van der Waals surface area contributed by atoms with Gasteiger partial charge in [0.05, 0.1) is 5.56 Å². The lowest BCUT2D eigenvalue weighted by molar-refractivity contribution is 0.0626. The number of hydrogen-bond acceptors (Lipinski definition) is 3. The van der Waals surface area contributed by atoms with Gasteiger partial charge in [-0.05, 0) is 37.6 Å². The molecule has 1 aromatic carbocycles. The maximum atomic E-state index is 13.1. The first-order valence-electron chi connectivity index (χ1n) is 7.96. The molecule has 0 N–H and O–H groups in total. The van der Waals surface area contributed by atoms with E-state index >= 15 is 0 Å². The van der Waals surface area contributed by atoms with E-state index in [1.807, 2.05) is 18.7 Å². The van der Waals surface area contributed by atoms with Crippen molar-refractivity contribution < 1.29 is 13.6 Å². The van der Waals surface area contributed by atoms with Crippen LogP contribution in [0.1, 0.15) is 27.4 Å². The molecule has 2 heterocycles. The molecule has 1 aromatic heterocycles. The zero-order chi connectivity index (χ0) is 17.3. The van der Waals surface area contributed by atoms with Crippen LogP contribution in [0.5, 0.6) is 0 Å². The number of nitrogens with zero attached hydrogens (tertiary/aromatic N) is 2. The topological polar surface area (TPSA) is 36.7 Å². The maximum Gasteiger partial charge on any atom is 0.257 e. The fraction of sp³-hybridized carbons (Fsp3) is 0.389. The van der Waals surface area contributed by atoms with Crippen LogP contribution in [0.2, 0.25) is 5.02 Å². The SMILES string of the molecule is Cc1cc(C(=O)N2CCN(Cc3ccc(F)cc3Cl)CC2)c(C)o1. The van der Waals surface area contributed by atoms with E-state index in [1.165, 1.54) is 12.1 Å². The van der Waals surface area contributed by atoms with Gasteiger partial charge >= 0.3 is 0 Å². The highest BCUT2D eigenvalue weighted by Gasteiger charge is 2.25. The van der Waals surface area contributed by atoms with Gasteiger partial charge in [-0.1, -0.05) is 17.7 Å². The van der Waals surface area contributed by atoms with Crippen LogP contribution in [0.4, 0.5) is 4.39 Å². The van der Waals surface area contributed by atoms with Crippen molar-refractivity contribution in [3.63, 3.8) is 0 Å². The maximum absolute atomic E-state index is 13.1. The Bertz CT molecular complexity index is 751. The van der Waals surface area contributed by atoms with Crippen LogP contribution in [0.15, 0.2) is 28.7 Å². The third-order valence-corrected chi connectivity index (χ3v) is 4.69. The highest BCUT2D eigenvalue weighted by Crippen LogP contribution is 2.21. The van der Waals surface area contributed by atoms with Gasteiger partial charge in [0.25, 0.3) is 5.91 Å². The number of aryl methyl sites for hydroxylation is 2. The standard InChI is InChI=1S/C18H20ClFN2O2/c1-12-9-16(13(2)24-12)18(23)22-7-5-21(6-8-22)11-14-3-4-15(20)10-17(14)19/h3-4,9-10H,5-8,11H2,1-2H3. The monoisotopic (exact) mass is 350 g/mol. The average molecular weight is 351 g/mol. The normalized spacial score (nSPS) is 15.8. The molecule has 0 aliphatic carbocycles. The Morgan fingerprint density at radius 1 is 1.21 bits per heavy atom. The van der Waals surface area contributed by atoms with Gasteiger partial charge in [-0.25, -0.2) is 4.39 Å². The Morgan fingerprint density at radius 2 is 1.92 bits per heavy atom. The Labute approximate surface area is 145 Å². The number of piperazine rings is 1. The molecule has 128 valence electrons. The highest BCUT2D eigenvalue weighted by molar-refractivity contribution is 6.31. The van der Waals surface area contributed by atoms with Crippen molar-refractivity contribution in [3.05, 3.63) is 57.8 Å². The van der Waals surface area contributed by atoms with Gasteiger partial charge in [-0.3, -0.25) is 9.69 Å². The molecule has 24 heavy (non-hydrogen) atoms. The second-order valence-electron chi connectivity index (χ2n) is 6.13. The van der Waals surface area contributed by atoms with Crippen molar-refractivity contribution in [3.8, 4) is 0 Å². The van der Waals surface area contributed by atoms with Gasteiger partial charge in [-0.15, -0.1) is 0 Å². The minimum absolute atomic E-state index is 0.0174. The van der Waals surface area contributed by atoms with Crippen LogP contribution in [-0.4, -0.2) is 41.9 Å². The molecule has 0 atom stereocenters. The van der Waals surface area contributed by atoms with Gasteiger partial charge in [-0.2, -0.15) is 0 Å². The Morgan fingerprint density at radius 3 is 2.50 bits per heavy atom. The minimum Gasteiger partial charge on any atom is -0.466 e. The lowest BCUT2D eigenvalue weighted by atomic mass is 10.1. The molecule has 1 saturated heterocycles. The summed E-state index contributed by atoms with van der Waals surface area (Å²) in [6, 6.07) is 6.26. The summed E-state index contributed by atoms with van der Waals surface area (Å²) >= 11 is 6.09. The van der Waals surface area contributed by atoms with Crippen molar-refractivity contribution in [2.24, 2.45) is 0 Å². The van der Waals surface area contributed by atoms with Crippen molar-refractivity contribution in [1.82, 2.24) is 9.80 Å². The lowest BCUT2D eigenvalue weighted by Gasteiger charge is -2.34. The smallest absolute Gasteiger partial charge is 0.257 e. The van der Waals surface area contributed by atoms with Crippen LogP contribution in [0.3, 0.4) is 0 Å². The number of rotatable bonds is 3. The molecule has 1 amide bonds. The first kappa shape index (κ1) is 17.0. The van der Waals surface area contributed by atoms with Crippen LogP contribution in [0, 0.1) is 19.7 Å². The van der Waals surface area contributed by atoms with Crippen molar-refractivity contribution in [2.75, 3.05) is 26.2 Å². The third kappa shape index (κ3) is 3.62. The van der Waals surface area contributed by atoms with E-state index in [2.05, 4.69) is 4.90 Å². The minimum atomic E-state index is -0.329. The van der Waals surface area contributed by atoms with E-state index in [1.54, 1.807) is 12.1 Å². The molecule has 0 unspecified atom stereocenters. The second kappa shape index (κ2) is 6.95. The zero-order valence-corrected chi connectivity index (χ0v) is 14.6. The van der Waals surface area contributed by atoms with Crippen LogP contribution in [-0.2, 0) is 6.54 Å². The second-order valence-corrected chi connectivity index (χ2v) is 6.54. The summed E-state index contributed by atoms with van der Waals surface area (Å²) in [5.41, 5.74) is 1.54. The van der Waals surface area contributed by atoms with E-state index in [-0.39, 0.29) is 11.7 Å². The van der Waals surface area contributed by atoms with E-state index in [9.17, 15) is 9.18 Å². The van der Waals surface area contributed by atoms with Gasteiger partial charge in [0.2, 0.25) is 0 Å². The first-order valence-corrected chi connectivity index (χ1v) is 8.34. The Hall–Kier alpha value is -1.85. The Balaban J connectivity index is 1.59. The van der Waals surface area contributed by atoms with E-state index in [0.29, 0.717) is 36.0 Å². The molecule has 0 radical (unpaired) electrons. The zero-order valence-electron chi connectivity index (χ0n) is 13.8. The van der Waals surface area contributed by atoms with Gasteiger partial charge < -0.3 is 9.32 Å². The van der Waals surface area contributed by atoms with E-state index in [0.717, 1.165) is 24.4 Å².